The number of carbonyl (C=O) groups excluding carboxylic acids is 1. The molecule has 0 saturated carbocycles. The Labute approximate surface area is 130 Å². The third kappa shape index (κ3) is 2.49. The molecule has 1 aliphatic carbocycles. The molecule has 1 heterocycles. The number of rotatable bonds is 3. The number of Topliss-reactive ketones (excluding diaryl/α,β-unsaturated/α-hetero) is 1. The van der Waals surface area contributed by atoms with Crippen LogP contribution >= 0.6 is 23.1 Å². The zero-order valence-corrected chi connectivity index (χ0v) is 13.1. The highest BCUT2D eigenvalue weighted by atomic mass is 32.2. The number of non-ortho nitro benzene ring substituents is 1. The minimum absolute atomic E-state index is 0.0883. The van der Waals surface area contributed by atoms with Crippen LogP contribution in [0.3, 0.4) is 0 Å². The van der Waals surface area contributed by atoms with Crippen LogP contribution in [0, 0.1) is 10.1 Å². The molecule has 1 aliphatic rings. The number of ketones is 1. The van der Waals surface area contributed by atoms with Gasteiger partial charge in [-0.15, -0.1) is 23.1 Å². The third-order valence-electron chi connectivity index (χ3n) is 3.61. The van der Waals surface area contributed by atoms with E-state index in [1.807, 2.05) is 6.26 Å². The Balaban J connectivity index is 2.10. The first kappa shape index (κ1) is 14.3. The van der Waals surface area contributed by atoms with Crippen LogP contribution in [-0.2, 0) is 6.42 Å². The van der Waals surface area contributed by atoms with Gasteiger partial charge in [0.15, 0.2) is 5.78 Å². The van der Waals surface area contributed by atoms with Crippen LogP contribution in [-0.4, -0.2) is 17.0 Å². The van der Waals surface area contributed by atoms with Crippen LogP contribution in [0.4, 0.5) is 5.69 Å². The number of nitrogens with zero attached hydrogens (tertiary/aromatic N) is 1. The van der Waals surface area contributed by atoms with Gasteiger partial charge in [-0.2, -0.15) is 0 Å². The molecule has 108 valence electrons. The Kier molecular flexibility index (Phi) is 3.82. The van der Waals surface area contributed by atoms with Crippen molar-refractivity contribution in [3.05, 3.63) is 45.5 Å². The number of carbonyl (C=O) groups is 1. The van der Waals surface area contributed by atoms with Crippen LogP contribution < -0.4 is 0 Å². The summed E-state index contributed by atoms with van der Waals surface area (Å²) in [5.41, 5.74) is 3.05. The van der Waals surface area contributed by atoms with Crippen molar-refractivity contribution in [1.29, 1.82) is 0 Å². The molecule has 21 heavy (non-hydrogen) atoms. The number of nitro benzene ring substituents is 1. The fourth-order valence-corrected chi connectivity index (χ4v) is 4.76. The van der Waals surface area contributed by atoms with Gasteiger partial charge in [0.2, 0.25) is 0 Å². The summed E-state index contributed by atoms with van der Waals surface area (Å²) in [5, 5.41) is 10.7. The molecular weight excluding hydrogens is 306 g/mol. The van der Waals surface area contributed by atoms with E-state index < -0.39 is 4.92 Å². The molecule has 1 aromatic heterocycles. The molecule has 0 radical (unpaired) electrons. The molecule has 0 amide bonds. The van der Waals surface area contributed by atoms with Crippen molar-refractivity contribution < 1.29 is 9.72 Å². The van der Waals surface area contributed by atoms with Crippen molar-refractivity contribution in [3.8, 4) is 10.4 Å². The SMILES string of the molecule is CSc1sc(-c2ccc([N+](=O)[O-])cc2)c2c1C(=O)CCC2. The van der Waals surface area contributed by atoms with Gasteiger partial charge in [-0.3, -0.25) is 14.9 Å². The lowest BCUT2D eigenvalue weighted by Gasteiger charge is -2.12. The van der Waals surface area contributed by atoms with Crippen LogP contribution in [0.15, 0.2) is 28.5 Å². The van der Waals surface area contributed by atoms with Crippen molar-refractivity contribution in [2.24, 2.45) is 0 Å². The van der Waals surface area contributed by atoms with Crippen LogP contribution in [0.1, 0.15) is 28.8 Å². The van der Waals surface area contributed by atoms with E-state index in [0.717, 1.165) is 38.6 Å². The molecule has 0 unspecified atom stereocenters. The number of thiophene rings is 1. The molecule has 0 fully saturated rings. The maximum absolute atomic E-state index is 12.2. The molecule has 2 aromatic rings. The fraction of sp³-hybridized carbons (Fsp3) is 0.267. The molecule has 4 nitrogen and oxygen atoms in total. The third-order valence-corrected chi connectivity index (χ3v) is 6.01. The first-order valence-electron chi connectivity index (χ1n) is 6.59. The van der Waals surface area contributed by atoms with Gasteiger partial charge in [-0.05, 0) is 42.4 Å². The second-order valence-electron chi connectivity index (χ2n) is 4.86. The van der Waals surface area contributed by atoms with Crippen LogP contribution in [0.25, 0.3) is 10.4 Å². The number of hydrogen-bond acceptors (Lipinski definition) is 5. The van der Waals surface area contributed by atoms with E-state index in [1.165, 1.54) is 12.1 Å². The molecule has 0 N–H and O–H groups in total. The smallest absolute Gasteiger partial charge is 0.269 e. The molecule has 0 bridgehead atoms. The zero-order valence-electron chi connectivity index (χ0n) is 11.4. The summed E-state index contributed by atoms with van der Waals surface area (Å²) >= 11 is 3.22. The van der Waals surface area contributed by atoms with Crippen LogP contribution in [0.2, 0.25) is 0 Å². The largest absolute Gasteiger partial charge is 0.294 e. The highest BCUT2D eigenvalue weighted by Gasteiger charge is 2.27. The van der Waals surface area contributed by atoms with E-state index in [-0.39, 0.29) is 11.5 Å². The predicted octanol–water partition coefficient (Wildman–Crippen LogP) is 4.56. The van der Waals surface area contributed by atoms with Gasteiger partial charge in [0.05, 0.1) is 9.13 Å². The van der Waals surface area contributed by atoms with Gasteiger partial charge >= 0.3 is 0 Å². The first-order valence-corrected chi connectivity index (χ1v) is 8.63. The Morgan fingerprint density at radius 2 is 1.95 bits per heavy atom. The summed E-state index contributed by atoms with van der Waals surface area (Å²) in [7, 11) is 0. The molecule has 0 saturated heterocycles. The molecule has 0 spiro atoms. The van der Waals surface area contributed by atoms with Gasteiger partial charge in [-0.25, -0.2) is 0 Å². The lowest BCUT2D eigenvalue weighted by atomic mass is 9.91. The van der Waals surface area contributed by atoms with E-state index >= 15 is 0 Å². The van der Waals surface area contributed by atoms with Crippen molar-refractivity contribution >= 4 is 34.6 Å². The summed E-state index contributed by atoms with van der Waals surface area (Å²) in [6.45, 7) is 0. The molecular formula is C15H13NO3S2. The quantitative estimate of drug-likeness (QED) is 0.472. The summed E-state index contributed by atoms with van der Waals surface area (Å²) < 4.78 is 1.06. The van der Waals surface area contributed by atoms with Gasteiger partial charge < -0.3 is 0 Å². The van der Waals surface area contributed by atoms with Gasteiger partial charge in [0.25, 0.3) is 5.69 Å². The van der Waals surface area contributed by atoms with E-state index in [0.29, 0.717) is 6.42 Å². The fourth-order valence-electron chi connectivity index (χ4n) is 2.62. The number of fused-ring (bicyclic) bond motifs is 1. The predicted molar refractivity (Wildman–Crippen MR) is 85.5 cm³/mol. The molecule has 6 heteroatoms. The minimum Gasteiger partial charge on any atom is -0.294 e. The number of thioether (sulfide) groups is 1. The Morgan fingerprint density at radius 1 is 1.24 bits per heavy atom. The van der Waals surface area contributed by atoms with Gasteiger partial charge in [0, 0.05) is 29.0 Å². The van der Waals surface area contributed by atoms with Crippen molar-refractivity contribution in [2.75, 3.05) is 6.26 Å². The van der Waals surface area contributed by atoms with Gasteiger partial charge in [-0.1, -0.05) is 0 Å². The lowest BCUT2D eigenvalue weighted by molar-refractivity contribution is -0.384. The minimum atomic E-state index is -0.398. The summed E-state index contributed by atoms with van der Waals surface area (Å²) in [5.74, 6) is 0.227. The highest BCUT2D eigenvalue weighted by Crippen LogP contribution is 2.44. The van der Waals surface area contributed by atoms with E-state index in [2.05, 4.69) is 0 Å². The number of hydrogen-bond donors (Lipinski definition) is 0. The summed E-state index contributed by atoms with van der Waals surface area (Å²) in [6.07, 6.45) is 4.39. The summed E-state index contributed by atoms with van der Waals surface area (Å²) in [6, 6.07) is 6.58. The molecule has 3 rings (SSSR count). The maximum Gasteiger partial charge on any atom is 0.269 e. The molecule has 1 aromatic carbocycles. The normalized spacial score (nSPS) is 14.0. The number of benzene rings is 1. The Morgan fingerprint density at radius 3 is 2.57 bits per heavy atom. The standard InChI is InChI=1S/C15H13NO3S2/c1-20-15-13-11(3-2-4-12(13)17)14(21-15)9-5-7-10(8-6-9)16(18)19/h5-8H,2-4H2,1H3. The van der Waals surface area contributed by atoms with E-state index in [1.54, 1.807) is 35.2 Å². The first-order chi connectivity index (χ1) is 10.1. The topological polar surface area (TPSA) is 60.2 Å². The Hall–Kier alpha value is -1.66. The molecule has 0 atom stereocenters. The second kappa shape index (κ2) is 5.61. The van der Waals surface area contributed by atoms with Crippen LogP contribution in [0.5, 0.6) is 0 Å². The van der Waals surface area contributed by atoms with Crippen molar-refractivity contribution in [2.45, 2.75) is 23.5 Å². The average Bonchev–Trinajstić information content (AvgIpc) is 2.87. The lowest BCUT2D eigenvalue weighted by Crippen LogP contribution is -2.09. The monoisotopic (exact) mass is 319 g/mol. The average molecular weight is 319 g/mol. The second-order valence-corrected chi connectivity index (χ2v) is 6.95. The van der Waals surface area contributed by atoms with Crippen molar-refractivity contribution in [3.63, 3.8) is 0 Å². The summed E-state index contributed by atoms with van der Waals surface area (Å²) in [4.78, 5) is 23.6. The molecule has 0 aliphatic heterocycles. The highest BCUT2D eigenvalue weighted by molar-refractivity contribution is 8.00. The van der Waals surface area contributed by atoms with Gasteiger partial charge in [0.1, 0.15) is 0 Å². The zero-order chi connectivity index (χ0) is 15.0. The van der Waals surface area contributed by atoms with E-state index in [9.17, 15) is 14.9 Å². The number of nitro groups is 1. The Bertz CT molecular complexity index is 719. The van der Waals surface area contributed by atoms with E-state index in [4.69, 9.17) is 0 Å². The van der Waals surface area contributed by atoms with Crippen molar-refractivity contribution in [1.82, 2.24) is 0 Å². The maximum atomic E-state index is 12.2.